The Balaban J connectivity index is 3.12. The molecule has 5 heteroatoms. The monoisotopic (exact) mass is 216 g/mol. The third-order valence-electron chi connectivity index (χ3n) is 1.30. The number of hydrogen-bond acceptors (Lipinski definition) is 4. The number of ether oxygens (including phenoxy) is 2. The van der Waals surface area contributed by atoms with E-state index in [9.17, 15) is 9.59 Å². The average Bonchev–Trinajstić information content (AvgIpc) is 2.22. The van der Waals surface area contributed by atoms with Gasteiger partial charge in [0, 0.05) is 5.56 Å². The Morgan fingerprint density at radius 2 is 2.00 bits per heavy atom. The molecule has 0 atom stereocenters. The van der Waals surface area contributed by atoms with Crippen LogP contribution in [0.2, 0.25) is 0 Å². The Bertz CT molecular complexity index is 424. The SMILES string of the molecule is [2H]c1cc(C(=O)Cl)cc([2H])c1OC(=O)OC. The van der Waals surface area contributed by atoms with E-state index in [1.807, 2.05) is 0 Å². The van der Waals surface area contributed by atoms with Crippen molar-refractivity contribution in [3.63, 3.8) is 0 Å². The molecule has 0 N–H and O–H groups in total. The summed E-state index contributed by atoms with van der Waals surface area (Å²) in [5, 5.41) is -0.786. The van der Waals surface area contributed by atoms with E-state index in [0.717, 1.165) is 19.2 Å². The molecule has 0 spiro atoms. The minimum atomic E-state index is -1.04. The highest BCUT2D eigenvalue weighted by Gasteiger charge is 2.05. The lowest BCUT2D eigenvalue weighted by molar-refractivity contribution is 0.108. The maximum atomic E-state index is 10.8. The molecule has 1 aromatic rings. The molecule has 0 radical (unpaired) electrons. The van der Waals surface area contributed by atoms with Crippen molar-refractivity contribution in [1.82, 2.24) is 0 Å². The summed E-state index contributed by atoms with van der Waals surface area (Å²) in [6.07, 6.45) is -1.04. The molecule has 0 aromatic heterocycles. The molecule has 0 unspecified atom stereocenters. The molecule has 0 bridgehead atoms. The molecule has 4 nitrogen and oxygen atoms in total. The van der Waals surface area contributed by atoms with Crippen LogP contribution in [0.1, 0.15) is 13.1 Å². The van der Waals surface area contributed by atoms with E-state index < -0.39 is 11.4 Å². The number of halogens is 1. The fourth-order valence-corrected chi connectivity index (χ4v) is 0.776. The average molecular weight is 217 g/mol. The second-order valence-electron chi connectivity index (χ2n) is 2.19. The Morgan fingerprint density at radius 3 is 2.43 bits per heavy atom. The summed E-state index contributed by atoms with van der Waals surface area (Å²) in [4.78, 5) is 21.6. The molecule has 74 valence electrons. The molecule has 0 heterocycles. The summed E-state index contributed by atoms with van der Waals surface area (Å²) in [5.41, 5.74) is -0.00566. The minimum Gasteiger partial charge on any atom is -0.437 e. The molecular formula is C9H7ClO4. The second kappa shape index (κ2) is 4.62. The maximum Gasteiger partial charge on any atom is 0.513 e. The van der Waals surface area contributed by atoms with Crippen molar-refractivity contribution in [2.45, 2.75) is 0 Å². The summed E-state index contributed by atoms with van der Waals surface area (Å²) in [7, 11) is 1.10. The van der Waals surface area contributed by atoms with E-state index in [1.54, 1.807) is 0 Å². The number of rotatable bonds is 2. The molecule has 0 saturated heterocycles. The highest BCUT2D eigenvalue weighted by atomic mass is 35.5. The van der Waals surface area contributed by atoms with Crippen LogP contribution in [-0.4, -0.2) is 18.5 Å². The van der Waals surface area contributed by atoms with E-state index in [4.69, 9.17) is 14.3 Å². The lowest BCUT2D eigenvalue weighted by Gasteiger charge is -2.01. The molecule has 0 amide bonds. The highest BCUT2D eigenvalue weighted by molar-refractivity contribution is 6.67. The molecule has 0 aliphatic rings. The summed E-state index contributed by atoms with van der Waals surface area (Å²) in [5.74, 6) is -0.284. The standard InChI is InChI=1S/C9H7ClO4/c1-13-9(12)14-7-4-2-6(3-5-7)8(10)11/h2-5H,1H3/i4D,5D. The van der Waals surface area contributed by atoms with Crippen molar-refractivity contribution in [2.24, 2.45) is 0 Å². The Labute approximate surface area is 88.2 Å². The van der Waals surface area contributed by atoms with Crippen LogP contribution in [-0.2, 0) is 4.74 Å². The van der Waals surface area contributed by atoms with Gasteiger partial charge in [-0.05, 0) is 35.8 Å². The zero-order valence-corrected chi connectivity index (χ0v) is 7.92. The first-order valence-corrected chi connectivity index (χ1v) is 3.90. The Hall–Kier alpha value is -1.55. The Morgan fingerprint density at radius 1 is 1.43 bits per heavy atom. The van der Waals surface area contributed by atoms with Gasteiger partial charge in [0.05, 0.1) is 9.85 Å². The lowest BCUT2D eigenvalue weighted by atomic mass is 10.2. The zero-order valence-electron chi connectivity index (χ0n) is 9.17. The lowest BCUT2D eigenvalue weighted by Crippen LogP contribution is -2.07. The van der Waals surface area contributed by atoms with Crippen LogP contribution in [0, 0.1) is 0 Å². The molecule has 0 fully saturated rings. The fraction of sp³-hybridized carbons (Fsp3) is 0.111. The summed E-state index contributed by atoms with van der Waals surface area (Å²) in [6, 6.07) is 1.63. The van der Waals surface area contributed by atoms with E-state index >= 15 is 0 Å². The number of benzene rings is 1. The third-order valence-corrected chi connectivity index (χ3v) is 1.51. The van der Waals surface area contributed by atoms with Crippen molar-refractivity contribution in [1.29, 1.82) is 0 Å². The second-order valence-corrected chi connectivity index (χ2v) is 2.53. The van der Waals surface area contributed by atoms with E-state index in [0.29, 0.717) is 0 Å². The molecule has 1 rings (SSSR count). The van der Waals surface area contributed by atoms with Crippen LogP contribution in [0.4, 0.5) is 4.79 Å². The van der Waals surface area contributed by atoms with Crippen LogP contribution in [0.3, 0.4) is 0 Å². The van der Waals surface area contributed by atoms with Crippen LogP contribution in [0.15, 0.2) is 24.2 Å². The molecule has 14 heavy (non-hydrogen) atoms. The quantitative estimate of drug-likeness (QED) is 0.432. The molecule has 0 saturated carbocycles. The van der Waals surface area contributed by atoms with Crippen LogP contribution in [0.5, 0.6) is 5.75 Å². The van der Waals surface area contributed by atoms with Gasteiger partial charge in [0.2, 0.25) is 0 Å². The largest absolute Gasteiger partial charge is 0.513 e. The number of hydrogen-bond donors (Lipinski definition) is 0. The maximum absolute atomic E-state index is 10.8. The topological polar surface area (TPSA) is 52.6 Å². The predicted molar refractivity (Wildman–Crippen MR) is 49.7 cm³/mol. The molecule has 0 aliphatic heterocycles. The minimum absolute atomic E-state index is 0.00566. The Kier molecular flexibility index (Phi) is 2.58. The van der Waals surface area contributed by atoms with Gasteiger partial charge in [-0.15, -0.1) is 0 Å². The van der Waals surface area contributed by atoms with Crippen molar-refractivity contribution >= 4 is 23.0 Å². The van der Waals surface area contributed by atoms with Gasteiger partial charge < -0.3 is 9.47 Å². The van der Waals surface area contributed by atoms with Crippen LogP contribution < -0.4 is 4.74 Å². The normalized spacial score (nSPS) is 11.3. The van der Waals surface area contributed by atoms with Crippen molar-refractivity contribution in [3.05, 3.63) is 29.8 Å². The summed E-state index contributed by atoms with van der Waals surface area (Å²) < 4.78 is 23.7. The van der Waals surface area contributed by atoms with Gasteiger partial charge in [-0.25, -0.2) is 4.79 Å². The van der Waals surface area contributed by atoms with Gasteiger partial charge in [-0.3, -0.25) is 4.79 Å². The summed E-state index contributed by atoms with van der Waals surface area (Å²) in [6.45, 7) is 0. The predicted octanol–water partition coefficient (Wildman–Crippen LogP) is 2.21. The van der Waals surface area contributed by atoms with Crippen molar-refractivity contribution in [2.75, 3.05) is 7.11 Å². The van der Waals surface area contributed by atoms with Gasteiger partial charge in [-0.2, -0.15) is 0 Å². The molecule has 0 aliphatic carbocycles. The van der Waals surface area contributed by atoms with Gasteiger partial charge in [-0.1, -0.05) is 0 Å². The van der Waals surface area contributed by atoms with E-state index in [2.05, 4.69) is 9.47 Å². The van der Waals surface area contributed by atoms with Gasteiger partial charge in [0.1, 0.15) is 5.75 Å². The first kappa shape index (κ1) is 7.82. The van der Waals surface area contributed by atoms with E-state index in [1.165, 1.54) is 0 Å². The molecule has 1 aromatic carbocycles. The first-order valence-electron chi connectivity index (χ1n) is 4.52. The number of carbonyl (C=O) groups is 2. The molecular weight excluding hydrogens is 208 g/mol. The highest BCUT2D eigenvalue weighted by Crippen LogP contribution is 2.13. The zero-order chi connectivity index (χ0) is 12.3. The van der Waals surface area contributed by atoms with Crippen LogP contribution >= 0.6 is 11.6 Å². The number of methoxy groups -OCH3 is 1. The first-order chi connectivity index (χ1) is 7.45. The van der Waals surface area contributed by atoms with Gasteiger partial charge >= 0.3 is 6.16 Å². The van der Waals surface area contributed by atoms with Crippen molar-refractivity contribution in [3.8, 4) is 5.75 Å². The van der Waals surface area contributed by atoms with Gasteiger partial charge in [0.25, 0.3) is 5.24 Å². The number of carbonyl (C=O) groups excluding carboxylic acids is 2. The fourth-order valence-electron chi connectivity index (χ4n) is 0.667. The van der Waals surface area contributed by atoms with Gasteiger partial charge in [0.15, 0.2) is 0 Å². The van der Waals surface area contributed by atoms with Crippen LogP contribution in [0.25, 0.3) is 0 Å². The van der Waals surface area contributed by atoms with Crippen molar-refractivity contribution < 1.29 is 21.8 Å². The third kappa shape index (κ3) is 2.74. The summed E-state index contributed by atoms with van der Waals surface area (Å²) >= 11 is 5.19. The van der Waals surface area contributed by atoms with E-state index in [-0.39, 0.29) is 23.4 Å². The smallest absolute Gasteiger partial charge is 0.437 e.